The Kier molecular flexibility index (Phi) is 5.73. The number of aromatic nitrogens is 4. The van der Waals surface area contributed by atoms with E-state index in [-0.39, 0.29) is 18.1 Å². The lowest BCUT2D eigenvalue weighted by molar-refractivity contribution is 0.101. The van der Waals surface area contributed by atoms with Gasteiger partial charge in [-0.25, -0.2) is 4.79 Å². The molecule has 0 aliphatic rings. The SMILES string of the molecule is CC(=O)c1cccc(-c2ccc(OCc3c(C)cccc3-n3nnn(C)c3=O)c(C)c2)c1. The Morgan fingerprint density at radius 3 is 2.38 bits per heavy atom. The van der Waals surface area contributed by atoms with E-state index in [9.17, 15) is 9.59 Å². The van der Waals surface area contributed by atoms with E-state index >= 15 is 0 Å². The maximum Gasteiger partial charge on any atom is 0.368 e. The molecule has 0 atom stereocenters. The van der Waals surface area contributed by atoms with Gasteiger partial charge in [0.25, 0.3) is 0 Å². The fourth-order valence-corrected chi connectivity index (χ4v) is 3.60. The Hall–Kier alpha value is -4.00. The molecule has 0 bridgehead atoms. The van der Waals surface area contributed by atoms with E-state index in [0.29, 0.717) is 11.3 Å². The van der Waals surface area contributed by atoms with Crippen molar-refractivity contribution in [2.24, 2.45) is 7.05 Å². The minimum Gasteiger partial charge on any atom is -0.489 e. The predicted octanol–water partition coefficient (Wildman–Crippen LogP) is 4.03. The Bertz CT molecular complexity index is 1370. The molecule has 162 valence electrons. The van der Waals surface area contributed by atoms with Gasteiger partial charge in [0.15, 0.2) is 5.78 Å². The fourth-order valence-electron chi connectivity index (χ4n) is 3.60. The molecular formula is C25H24N4O3. The maximum absolute atomic E-state index is 12.3. The second-order valence-corrected chi connectivity index (χ2v) is 7.78. The predicted molar refractivity (Wildman–Crippen MR) is 122 cm³/mol. The lowest BCUT2D eigenvalue weighted by Gasteiger charge is -2.15. The Balaban J connectivity index is 1.61. The topological polar surface area (TPSA) is 79.0 Å². The van der Waals surface area contributed by atoms with E-state index in [2.05, 4.69) is 10.4 Å². The molecule has 3 aromatic carbocycles. The van der Waals surface area contributed by atoms with Gasteiger partial charge in [0.1, 0.15) is 12.4 Å². The van der Waals surface area contributed by atoms with Gasteiger partial charge in [-0.05, 0) is 77.7 Å². The van der Waals surface area contributed by atoms with Gasteiger partial charge in [-0.3, -0.25) is 4.79 Å². The first-order chi connectivity index (χ1) is 15.3. The maximum atomic E-state index is 12.3. The number of nitrogens with zero attached hydrogens (tertiary/aromatic N) is 4. The molecular weight excluding hydrogens is 404 g/mol. The van der Waals surface area contributed by atoms with Crippen LogP contribution >= 0.6 is 0 Å². The third-order valence-corrected chi connectivity index (χ3v) is 5.48. The Labute approximate surface area is 185 Å². The van der Waals surface area contributed by atoms with Gasteiger partial charge in [-0.15, -0.1) is 0 Å². The lowest BCUT2D eigenvalue weighted by Crippen LogP contribution is -2.23. The first-order valence-corrected chi connectivity index (χ1v) is 10.3. The zero-order valence-electron chi connectivity index (χ0n) is 18.5. The summed E-state index contributed by atoms with van der Waals surface area (Å²) in [4.78, 5) is 24.0. The van der Waals surface area contributed by atoms with Crippen molar-refractivity contribution in [2.45, 2.75) is 27.4 Å². The van der Waals surface area contributed by atoms with Crippen molar-refractivity contribution >= 4 is 5.78 Å². The number of ketones is 1. The molecule has 0 spiro atoms. The van der Waals surface area contributed by atoms with E-state index in [1.165, 1.54) is 9.36 Å². The molecule has 1 aromatic heterocycles. The van der Waals surface area contributed by atoms with Crippen LogP contribution in [-0.2, 0) is 13.7 Å². The largest absolute Gasteiger partial charge is 0.489 e. The first-order valence-electron chi connectivity index (χ1n) is 10.3. The summed E-state index contributed by atoms with van der Waals surface area (Å²) in [7, 11) is 1.56. The van der Waals surface area contributed by atoms with Crippen molar-refractivity contribution in [3.63, 3.8) is 0 Å². The number of carbonyl (C=O) groups excluding carboxylic acids is 1. The van der Waals surface area contributed by atoms with Crippen molar-refractivity contribution in [2.75, 3.05) is 0 Å². The smallest absolute Gasteiger partial charge is 0.368 e. The molecule has 0 amide bonds. The van der Waals surface area contributed by atoms with Crippen LogP contribution in [0.3, 0.4) is 0 Å². The molecule has 7 nitrogen and oxygen atoms in total. The molecule has 0 aliphatic carbocycles. The highest BCUT2D eigenvalue weighted by atomic mass is 16.5. The van der Waals surface area contributed by atoms with Crippen LogP contribution in [0.5, 0.6) is 5.75 Å². The monoisotopic (exact) mass is 428 g/mol. The quantitative estimate of drug-likeness (QED) is 0.433. The number of aryl methyl sites for hydroxylation is 3. The van der Waals surface area contributed by atoms with Gasteiger partial charge >= 0.3 is 5.69 Å². The average molecular weight is 428 g/mol. The van der Waals surface area contributed by atoms with Crippen LogP contribution in [0.1, 0.15) is 34.0 Å². The van der Waals surface area contributed by atoms with Gasteiger partial charge in [0.05, 0.1) is 5.69 Å². The van der Waals surface area contributed by atoms with E-state index < -0.39 is 0 Å². The van der Waals surface area contributed by atoms with Gasteiger partial charge in [0, 0.05) is 18.2 Å². The molecule has 32 heavy (non-hydrogen) atoms. The highest BCUT2D eigenvalue weighted by Gasteiger charge is 2.14. The van der Waals surface area contributed by atoms with E-state index in [4.69, 9.17) is 4.74 Å². The molecule has 0 N–H and O–H groups in total. The van der Waals surface area contributed by atoms with Crippen LogP contribution in [0.4, 0.5) is 0 Å². The summed E-state index contributed by atoms with van der Waals surface area (Å²) in [6, 6.07) is 19.2. The van der Waals surface area contributed by atoms with Gasteiger partial charge in [-0.2, -0.15) is 9.36 Å². The molecule has 0 unspecified atom stereocenters. The highest BCUT2D eigenvalue weighted by molar-refractivity contribution is 5.95. The van der Waals surface area contributed by atoms with Crippen LogP contribution in [0, 0.1) is 13.8 Å². The number of ether oxygens (including phenoxy) is 1. The summed E-state index contributed by atoms with van der Waals surface area (Å²) >= 11 is 0. The average Bonchev–Trinajstić information content (AvgIpc) is 3.11. The molecule has 0 radical (unpaired) electrons. The van der Waals surface area contributed by atoms with Crippen molar-refractivity contribution in [3.05, 3.63) is 93.4 Å². The van der Waals surface area contributed by atoms with E-state index in [1.54, 1.807) is 14.0 Å². The first kappa shape index (κ1) is 21.2. The molecule has 7 heteroatoms. The molecule has 1 heterocycles. The summed E-state index contributed by atoms with van der Waals surface area (Å²) in [6.45, 7) is 5.81. The normalized spacial score (nSPS) is 10.9. The Morgan fingerprint density at radius 2 is 1.69 bits per heavy atom. The Morgan fingerprint density at radius 1 is 0.938 bits per heavy atom. The second kappa shape index (κ2) is 8.63. The molecule has 0 fully saturated rings. The standard InChI is InChI=1S/C25H24N4O3/c1-16-7-5-10-23(29-25(31)28(4)26-27-29)22(16)15-32-24-12-11-21(13-17(24)2)20-9-6-8-19(14-20)18(3)30/h5-14H,15H2,1-4H3. The van der Waals surface area contributed by atoms with Crippen molar-refractivity contribution in [1.82, 2.24) is 19.8 Å². The second-order valence-electron chi connectivity index (χ2n) is 7.78. The van der Waals surface area contributed by atoms with Gasteiger partial charge in [-0.1, -0.05) is 36.4 Å². The number of rotatable bonds is 6. The van der Waals surface area contributed by atoms with Gasteiger partial charge in [0.2, 0.25) is 0 Å². The summed E-state index contributed by atoms with van der Waals surface area (Å²) in [5, 5.41) is 7.77. The van der Waals surface area contributed by atoms with Crippen molar-refractivity contribution in [1.29, 1.82) is 0 Å². The van der Waals surface area contributed by atoms with E-state index in [0.717, 1.165) is 33.6 Å². The van der Waals surface area contributed by atoms with Crippen molar-refractivity contribution in [3.8, 4) is 22.6 Å². The molecule has 0 saturated carbocycles. The van der Waals surface area contributed by atoms with Crippen molar-refractivity contribution < 1.29 is 9.53 Å². The number of carbonyl (C=O) groups is 1. The number of hydrogen-bond donors (Lipinski definition) is 0. The summed E-state index contributed by atoms with van der Waals surface area (Å²) in [5.74, 6) is 0.789. The number of Topliss-reactive ketones (excluding diaryl/α,β-unsaturated/α-hetero) is 1. The third-order valence-electron chi connectivity index (χ3n) is 5.48. The molecule has 4 rings (SSSR count). The number of benzene rings is 3. The van der Waals surface area contributed by atoms with Crippen LogP contribution < -0.4 is 10.4 Å². The third kappa shape index (κ3) is 4.09. The lowest BCUT2D eigenvalue weighted by atomic mass is 10.00. The molecule has 4 aromatic rings. The summed E-state index contributed by atoms with van der Waals surface area (Å²) in [6.07, 6.45) is 0. The molecule has 0 aliphatic heterocycles. The zero-order valence-corrected chi connectivity index (χ0v) is 18.5. The fraction of sp³-hybridized carbons (Fsp3) is 0.200. The molecule has 0 saturated heterocycles. The van der Waals surface area contributed by atoms with Gasteiger partial charge < -0.3 is 4.74 Å². The van der Waals surface area contributed by atoms with Crippen LogP contribution in [0.25, 0.3) is 16.8 Å². The summed E-state index contributed by atoms with van der Waals surface area (Å²) < 4.78 is 8.61. The minimum absolute atomic E-state index is 0.0415. The zero-order chi connectivity index (χ0) is 22.8. The highest BCUT2D eigenvalue weighted by Crippen LogP contribution is 2.28. The summed E-state index contributed by atoms with van der Waals surface area (Å²) in [5.41, 5.74) is 5.86. The number of tetrazole rings is 1. The number of hydrogen-bond acceptors (Lipinski definition) is 5. The van der Waals surface area contributed by atoms with E-state index in [1.807, 2.05) is 74.5 Å². The minimum atomic E-state index is -0.315. The van der Waals surface area contributed by atoms with Crippen LogP contribution in [0.15, 0.2) is 65.5 Å². The van der Waals surface area contributed by atoms with Crippen LogP contribution in [0.2, 0.25) is 0 Å². The van der Waals surface area contributed by atoms with Crippen LogP contribution in [-0.4, -0.2) is 25.6 Å².